The quantitative estimate of drug-likeness (QED) is 0.177. The lowest BCUT2D eigenvalue weighted by Crippen LogP contribution is -2.46. The Hall–Kier alpha value is -3.99. The van der Waals surface area contributed by atoms with Crippen LogP contribution in [0.5, 0.6) is 5.75 Å². The molecule has 2 N–H and O–H groups in total. The standard InChI is InChI=1S/C24H16F5NO5/c25-17-18(26)20(28)22(21(29)19(17)27)35-23(32)16(9-31)30-24(33)34-10-15-13-7-3-1-5-11(13)12-6-2-4-8-14(12)15/h1-8,15-16,31H,9-10H2,(H,30,33)/t16-/m1/s1. The SMILES string of the molecule is O=C(N[C@H](CO)C(=O)Oc1c(F)c(F)c(F)c(F)c1F)OCC1c2ccccc2-c2ccccc21. The van der Waals surface area contributed by atoms with Gasteiger partial charge in [0, 0.05) is 5.92 Å². The fourth-order valence-corrected chi connectivity index (χ4v) is 3.81. The van der Waals surface area contributed by atoms with E-state index in [1.165, 1.54) is 0 Å². The van der Waals surface area contributed by atoms with E-state index in [-0.39, 0.29) is 12.5 Å². The molecule has 0 radical (unpaired) electrons. The van der Waals surface area contributed by atoms with Gasteiger partial charge in [-0.15, -0.1) is 0 Å². The molecule has 0 unspecified atom stereocenters. The lowest BCUT2D eigenvalue weighted by molar-refractivity contribution is -0.138. The zero-order valence-corrected chi connectivity index (χ0v) is 17.7. The van der Waals surface area contributed by atoms with Crippen molar-refractivity contribution in [3.05, 3.63) is 88.7 Å². The molecule has 0 aliphatic heterocycles. The highest BCUT2D eigenvalue weighted by Crippen LogP contribution is 2.44. The number of hydrogen-bond acceptors (Lipinski definition) is 5. The van der Waals surface area contributed by atoms with Crippen LogP contribution in [0.3, 0.4) is 0 Å². The van der Waals surface area contributed by atoms with Crippen LogP contribution in [-0.4, -0.2) is 36.4 Å². The topological polar surface area (TPSA) is 84.9 Å². The zero-order chi connectivity index (χ0) is 25.3. The van der Waals surface area contributed by atoms with Crippen LogP contribution in [0.15, 0.2) is 48.5 Å². The first-order chi connectivity index (χ1) is 16.7. The normalized spacial score (nSPS) is 13.1. The average molecular weight is 493 g/mol. The highest BCUT2D eigenvalue weighted by Gasteiger charge is 2.32. The van der Waals surface area contributed by atoms with Gasteiger partial charge in [0.05, 0.1) is 6.61 Å². The molecule has 35 heavy (non-hydrogen) atoms. The van der Waals surface area contributed by atoms with Gasteiger partial charge in [-0.25, -0.2) is 22.8 Å². The summed E-state index contributed by atoms with van der Waals surface area (Å²) in [6.45, 7) is -1.26. The number of esters is 1. The summed E-state index contributed by atoms with van der Waals surface area (Å²) in [6.07, 6.45) is -1.18. The molecule has 0 heterocycles. The lowest BCUT2D eigenvalue weighted by Gasteiger charge is -2.18. The van der Waals surface area contributed by atoms with Crippen LogP contribution < -0.4 is 10.1 Å². The van der Waals surface area contributed by atoms with E-state index in [9.17, 15) is 36.6 Å². The highest BCUT2D eigenvalue weighted by molar-refractivity contribution is 5.83. The van der Waals surface area contributed by atoms with Crippen LogP contribution in [-0.2, 0) is 9.53 Å². The van der Waals surface area contributed by atoms with Crippen LogP contribution >= 0.6 is 0 Å². The zero-order valence-electron chi connectivity index (χ0n) is 17.7. The smallest absolute Gasteiger partial charge is 0.407 e. The largest absolute Gasteiger partial charge is 0.449 e. The second-order valence-electron chi connectivity index (χ2n) is 7.53. The second kappa shape index (κ2) is 9.71. The Balaban J connectivity index is 1.43. The molecule has 11 heteroatoms. The Morgan fingerprint density at radius 3 is 1.83 bits per heavy atom. The molecule has 1 aliphatic rings. The Bertz CT molecular complexity index is 1240. The number of carbonyl (C=O) groups excluding carboxylic acids is 2. The molecule has 6 nitrogen and oxygen atoms in total. The van der Waals surface area contributed by atoms with E-state index < -0.39 is 59.5 Å². The van der Waals surface area contributed by atoms with E-state index in [4.69, 9.17) is 4.74 Å². The molecule has 0 aromatic heterocycles. The predicted octanol–water partition coefficient (Wildman–Crippen LogP) is 4.19. The Kier molecular flexibility index (Phi) is 6.70. The Morgan fingerprint density at radius 2 is 1.31 bits per heavy atom. The number of nitrogens with one attached hydrogen (secondary N) is 1. The molecule has 0 bridgehead atoms. The van der Waals surface area contributed by atoms with E-state index in [1.807, 2.05) is 53.8 Å². The number of halogens is 5. The minimum absolute atomic E-state index is 0.148. The second-order valence-corrected chi connectivity index (χ2v) is 7.53. The number of carbonyl (C=O) groups is 2. The first-order valence-corrected chi connectivity index (χ1v) is 10.2. The number of amides is 1. The minimum Gasteiger partial charge on any atom is -0.449 e. The minimum atomic E-state index is -2.43. The number of ether oxygens (including phenoxy) is 2. The fraction of sp³-hybridized carbons (Fsp3) is 0.167. The molecule has 0 fully saturated rings. The van der Waals surface area contributed by atoms with Crippen molar-refractivity contribution in [3.8, 4) is 16.9 Å². The van der Waals surface area contributed by atoms with Crippen molar-refractivity contribution in [1.29, 1.82) is 0 Å². The molecular formula is C24H16F5NO5. The number of rotatable bonds is 6. The summed E-state index contributed by atoms with van der Waals surface area (Å²) in [6, 6.07) is 13.1. The number of benzene rings is 3. The molecule has 0 saturated heterocycles. The summed E-state index contributed by atoms with van der Waals surface area (Å²) in [5, 5.41) is 11.3. The van der Waals surface area contributed by atoms with Gasteiger partial charge in [-0.2, -0.15) is 8.78 Å². The van der Waals surface area contributed by atoms with Gasteiger partial charge < -0.3 is 19.9 Å². The first kappa shape index (κ1) is 24.1. The molecule has 4 rings (SSSR count). The summed E-state index contributed by atoms with van der Waals surface area (Å²) >= 11 is 0. The van der Waals surface area contributed by atoms with Gasteiger partial charge >= 0.3 is 12.1 Å². The summed E-state index contributed by atoms with van der Waals surface area (Å²) in [5.41, 5.74) is 3.75. The third-order valence-electron chi connectivity index (χ3n) is 5.48. The fourth-order valence-electron chi connectivity index (χ4n) is 3.81. The van der Waals surface area contributed by atoms with Crippen molar-refractivity contribution in [2.45, 2.75) is 12.0 Å². The van der Waals surface area contributed by atoms with Crippen molar-refractivity contribution in [2.75, 3.05) is 13.2 Å². The molecule has 0 saturated carbocycles. The third kappa shape index (κ3) is 4.42. The van der Waals surface area contributed by atoms with Gasteiger partial charge in [0.2, 0.25) is 34.8 Å². The van der Waals surface area contributed by atoms with E-state index >= 15 is 0 Å². The number of fused-ring (bicyclic) bond motifs is 3. The summed E-state index contributed by atoms with van der Waals surface area (Å²) in [4.78, 5) is 24.4. The maximum absolute atomic E-state index is 13.8. The molecule has 3 aromatic rings. The molecule has 1 aliphatic carbocycles. The highest BCUT2D eigenvalue weighted by atomic mass is 19.2. The van der Waals surface area contributed by atoms with Gasteiger partial charge in [-0.05, 0) is 22.3 Å². The molecule has 182 valence electrons. The van der Waals surface area contributed by atoms with Gasteiger partial charge in [0.15, 0.2) is 6.04 Å². The number of alkyl carbamates (subject to hydrolysis) is 1. The maximum atomic E-state index is 13.8. The Morgan fingerprint density at radius 1 is 0.829 bits per heavy atom. The summed E-state index contributed by atoms with van der Waals surface area (Å²) in [5.74, 6) is -15.7. The molecule has 1 amide bonds. The van der Waals surface area contributed by atoms with Gasteiger partial charge in [0.25, 0.3) is 0 Å². The van der Waals surface area contributed by atoms with Crippen molar-refractivity contribution in [1.82, 2.24) is 5.32 Å². The van der Waals surface area contributed by atoms with E-state index in [0.717, 1.165) is 22.3 Å². The lowest BCUT2D eigenvalue weighted by atomic mass is 9.98. The molecule has 1 atom stereocenters. The van der Waals surface area contributed by atoms with E-state index in [2.05, 4.69) is 4.74 Å². The van der Waals surface area contributed by atoms with Crippen molar-refractivity contribution in [3.63, 3.8) is 0 Å². The average Bonchev–Trinajstić information content (AvgIpc) is 3.19. The summed E-state index contributed by atoms with van der Waals surface area (Å²) in [7, 11) is 0. The number of aliphatic hydroxyl groups excluding tert-OH is 1. The first-order valence-electron chi connectivity index (χ1n) is 10.2. The number of aliphatic hydroxyl groups is 1. The Labute approximate surface area is 194 Å². The predicted molar refractivity (Wildman–Crippen MR) is 111 cm³/mol. The molecule has 0 spiro atoms. The van der Waals surface area contributed by atoms with Crippen LogP contribution in [0.25, 0.3) is 11.1 Å². The van der Waals surface area contributed by atoms with E-state index in [1.54, 1.807) is 0 Å². The van der Waals surface area contributed by atoms with Crippen LogP contribution in [0, 0.1) is 29.1 Å². The van der Waals surface area contributed by atoms with Gasteiger partial charge in [-0.1, -0.05) is 48.5 Å². The monoisotopic (exact) mass is 493 g/mol. The van der Waals surface area contributed by atoms with Crippen molar-refractivity contribution < 1.29 is 46.1 Å². The van der Waals surface area contributed by atoms with Crippen molar-refractivity contribution >= 4 is 12.1 Å². The van der Waals surface area contributed by atoms with Gasteiger partial charge in [-0.3, -0.25) is 0 Å². The maximum Gasteiger partial charge on any atom is 0.407 e. The summed E-state index contributed by atoms with van der Waals surface area (Å²) < 4.78 is 76.7. The van der Waals surface area contributed by atoms with Crippen LogP contribution in [0.2, 0.25) is 0 Å². The van der Waals surface area contributed by atoms with E-state index in [0.29, 0.717) is 0 Å². The number of hydrogen-bond donors (Lipinski definition) is 2. The van der Waals surface area contributed by atoms with Crippen LogP contribution in [0.4, 0.5) is 26.7 Å². The van der Waals surface area contributed by atoms with Crippen LogP contribution in [0.1, 0.15) is 17.0 Å². The molecular weight excluding hydrogens is 477 g/mol. The van der Waals surface area contributed by atoms with Gasteiger partial charge in [0.1, 0.15) is 6.61 Å². The third-order valence-corrected chi connectivity index (χ3v) is 5.48. The molecule has 3 aromatic carbocycles. The van der Waals surface area contributed by atoms with Crippen molar-refractivity contribution in [2.24, 2.45) is 0 Å².